The monoisotopic (exact) mass is 475 g/mol. The lowest BCUT2D eigenvalue weighted by Crippen LogP contribution is -2.49. The Morgan fingerprint density at radius 3 is 2.73 bits per heavy atom. The molecule has 0 spiro atoms. The van der Waals surface area contributed by atoms with Crippen molar-refractivity contribution in [3.63, 3.8) is 0 Å². The number of aromatic nitrogens is 1. The third-order valence-corrected chi connectivity index (χ3v) is 4.21. The van der Waals surface area contributed by atoms with Gasteiger partial charge in [0, 0.05) is 31.9 Å². The molecule has 0 radical (unpaired) electrons. The Kier molecular flexibility index (Phi) is 10.3. The number of guanidine groups is 1. The third-order valence-electron chi connectivity index (χ3n) is 4.21. The van der Waals surface area contributed by atoms with Crippen molar-refractivity contribution in [2.24, 2.45) is 4.99 Å². The van der Waals surface area contributed by atoms with Crippen molar-refractivity contribution < 1.29 is 9.53 Å². The van der Waals surface area contributed by atoms with E-state index in [1.54, 1.807) is 11.1 Å². The SMILES string of the molecule is CCNC(=NCc1ncccc1C)NC1CCN(C(=O)OCC)CC1.I. The highest BCUT2D eigenvalue weighted by atomic mass is 127. The van der Waals surface area contributed by atoms with Gasteiger partial charge in [-0.05, 0) is 45.2 Å². The summed E-state index contributed by atoms with van der Waals surface area (Å²) in [4.78, 5) is 22.6. The maximum Gasteiger partial charge on any atom is 0.409 e. The molecule has 146 valence electrons. The zero-order chi connectivity index (χ0) is 18.1. The number of carbonyl (C=O) groups excluding carboxylic acids is 1. The quantitative estimate of drug-likeness (QED) is 0.389. The summed E-state index contributed by atoms with van der Waals surface area (Å²) in [6.07, 6.45) is 3.34. The Balaban J connectivity index is 0.00000338. The smallest absolute Gasteiger partial charge is 0.409 e. The summed E-state index contributed by atoms with van der Waals surface area (Å²) < 4.78 is 5.06. The van der Waals surface area contributed by atoms with E-state index in [0.717, 1.165) is 36.6 Å². The number of nitrogens with one attached hydrogen (secondary N) is 2. The number of hydrogen-bond acceptors (Lipinski definition) is 4. The van der Waals surface area contributed by atoms with Crippen LogP contribution in [0, 0.1) is 6.92 Å². The van der Waals surface area contributed by atoms with Crippen LogP contribution in [0.3, 0.4) is 0 Å². The van der Waals surface area contributed by atoms with Gasteiger partial charge in [0.1, 0.15) is 0 Å². The number of likely N-dealkylation sites (tertiary alicyclic amines) is 1. The Morgan fingerprint density at radius 2 is 2.12 bits per heavy atom. The second-order valence-corrected chi connectivity index (χ2v) is 6.07. The summed E-state index contributed by atoms with van der Waals surface area (Å²) in [5, 5.41) is 6.75. The molecule has 1 aromatic rings. The molecule has 0 atom stereocenters. The van der Waals surface area contributed by atoms with Crippen LogP contribution >= 0.6 is 24.0 Å². The molecule has 1 aromatic heterocycles. The number of hydrogen-bond donors (Lipinski definition) is 2. The molecule has 0 bridgehead atoms. The van der Waals surface area contributed by atoms with E-state index in [2.05, 4.69) is 20.6 Å². The van der Waals surface area contributed by atoms with Gasteiger partial charge in [0.05, 0.1) is 18.8 Å². The minimum Gasteiger partial charge on any atom is -0.450 e. The van der Waals surface area contributed by atoms with Crippen molar-refractivity contribution in [1.82, 2.24) is 20.5 Å². The van der Waals surface area contributed by atoms with E-state index in [0.29, 0.717) is 32.3 Å². The Bertz CT molecular complexity index is 589. The third kappa shape index (κ3) is 6.97. The highest BCUT2D eigenvalue weighted by Gasteiger charge is 2.24. The van der Waals surface area contributed by atoms with Crippen LogP contribution in [0.4, 0.5) is 4.79 Å². The lowest BCUT2D eigenvalue weighted by Gasteiger charge is -2.32. The molecule has 0 aliphatic carbocycles. The average Bonchev–Trinajstić information content (AvgIpc) is 2.62. The van der Waals surface area contributed by atoms with Gasteiger partial charge < -0.3 is 20.3 Å². The van der Waals surface area contributed by atoms with E-state index in [1.165, 1.54) is 0 Å². The van der Waals surface area contributed by atoms with Gasteiger partial charge in [-0.2, -0.15) is 0 Å². The molecule has 1 fully saturated rings. The first-order valence-electron chi connectivity index (χ1n) is 9.01. The number of pyridine rings is 1. The van der Waals surface area contributed by atoms with Gasteiger partial charge in [-0.15, -0.1) is 24.0 Å². The molecule has 2 heterocycles. The van der Waals surface area contributed by atoms with Gasteiger partial charge in [0.25, 0.3) is 0 Å². The summed E-state index contributed by atoms with van der Waals surface area (Å²) in [6, 6.07) is 4.28. The molecule has 26 heavy (non-hydrogen) atoms. The first-order valence-corrected chi connectivity index (χ1v) is 9.01. The first kappa shape index (κ1) is 22.5. The lowest BCUT2D eigenvalue weighted by atomic mass is 10.1. The molecule has 0 aromatic carbocycles. The Labute approximate surface area is 173 Å². The van der Waals surface area contributed by atoms with Crippen LogP contribution in [0.25, 0.3) is 0 Å². The zero-order valence-electron chi connectivity index (χ0n) is 15.8. The number of ether oxygens (including phenoxy) is 1. The molecule has 1 amide bonds. The zero-order valence-corrected chi connectivity index (χ0v) is 18.2. The van der Waals surface area contributed by atoms with E-state index < -0.39 is 0 Å². The first-order chi connectivity index (χ1) is 12.1. The van der Waals surface area contributed by atoms with Crippen LogP contribution < -0.4 is 10.6 Å². The lowest BCUT2D eigenvalue weighted by molar-refractivity contribution is 0.0963. The molecule has 8 heteroatoms. The van der Waals surface area contributed by atoms with E-state index >= 15 is 0 Å². The minimum absolute atomic E-state index is 0. The summed E-state index contributed by atoms with van der Waals surface area (Å²) in [5.74, 6) is 0.794. The van der Waals surface area contributed by atoms with Crippen LogP contribution in [0.1, 0.15) is 37.9 Å². The second-order valence-electron chi connectivity index (χ2n) is 6.07. The Morgan fingerprint density at radius 1 is 1.38 bits per heavy atom. The van der Waals surface area contributed by atoms with Crippen LogP contribution in [0.15, 0.2) is 23.3 Å². The van der Waals surface area contributed by atoms with Crippen LogP contribution in [0.5, 0.6) is 0 Å². The molecule has 1 saturated heterocycles. The molecular formula is C18H30IN5O2. The summed E-state index contributed by atoms with van der Waals surface area (Å²) in [7, 11) is 0. The molecule has 2 N–H and O–H groups in total. The molecule has 2 rings (SSSR count). The predicted octanol–water partition coefficient (Wildman–Crippen LogP) is 2.68. The van der Waals surface area contributed by atoms with Gasteiger partial charge >= 0.3 is 6.09 Å². The standard InChI is InChI=1S/C18H29N5O2.HI/c1-4-19-17(21-13-16-14(3)7-6-10-20-16)22-15-8-11-23(12-9-15)18(24)25-5-2;/h6-7,10,15H,4-5,8-9,11-13H2,1-3H3,(H2,19,21,22);1H. The van der Waals surface area contributed by atoms with Gasteiger partial charge in [0.15, 0.2) is 5.96 Å². The minimum atomic E-state index is -0.216. The van der Waals surface area contributed by atoms with Crippen molar-refractivity contribution in [3.05, 3.63) is 29.6 Å². The highest BCUT2D eigenvalue weighted by Crippen LogP contribution is 2.11. The number of aryl methyl sites for hydroxylation is 1. The topological polar surface area (TPSA) is 78.9 Å². The van der Waals surface area contributed by atoms with Gasteiger partial charge in [0.2, 0.25) is 0 Å². The van der Waals surface area contributed by atoms with E-state index in [-0.39, 0.29) is 30.1 Å². The number of amides is 1. The van der Waals surface area contributed by atoms with Crippen LogP contribution in [-0.2, 0) is 11.3 Å². The maximum atomic E-state index is 11.8. The number of nitrogens with zero attached hydrogens (tertiary/aromatic N) is 3. The number of aliphatic imine (C=N–C) groups is 1. The van der Waals surface area contributed by atoms with Gasteiger partial charge in [-0.25, -0.2) is 9.79 Å². The fraction of sp³-hybridized carbons (Fsp3) is 0.611. The van der Waals surface area contributed by atoms with Gasteiger partial charge in [-0.3, -0.25) is 4.98 Å². The highest BCUT2D eigenvalue weighted by molar-refractivity contribution is 14.0. The van der Waals surface area contributed by atoms with Crippen LogP contribution in [0.2, 0.25) is 0 Å². The largest absolute Gasteiger partial charge is 0.450 e. The molecule has 0 unspecified atom stereocenters. The fourth-order valence-corrected chi connectivity index (χ4v) is 2.77. The fourth-order valence-electron chi connectivity index (χ4n) is 2.77. The number of halogens is 1. The molecule has 0 saturated carbocycles. The number of carbonyl (C=O) groups is 1. The van der Waals surface area contributed by atoms with Crippen LogP contribution in [-0.4, -0.2) is 54.2 Å². The number of piperidine rings is 1. The van der Waals surface area contributed by atoms with Crippen molar-refractivity contribution in [2.75, 3.05) is 26.2 Å². The normalized spacial score (nSPS) is 15.2. The Hall–Kier alpha value is -1.58. The summed E-state index contributed by atoms with van der Waals surface area (Å²) in [5.41, 5.74) is 2.13. The molecule has 1 aliphatic rings. The summed E-state index contributed by atoms with van der Waals surface area (Å²) in [6.45, 7) is 9.09. The van der Waals surface area contributed by atoms with Crippen molar-refractivity contribution in [1.29, 1.82) is 0 Å². The predicted molar refractivity (Wildman–Crippen MR) is 114 cm³/mol. The summed E-state index contributed by atoms with van der Waals surface area (Å²) >= 11 is 0. The van der Waals surface area contributed by atoms with Crippen molar-refractivity contribution >= 4 is 36.0 Å². The molecule has 1 aliphatic heterocycles. The average molecular weight is 475 g/mol. The van der Waals surface area contributed by atoms with E-state index in [4.69, 9.17) is 4.74 Å². The molecular weight excluding hydrogens is 445 g/mol. The molecule has 7 nitrogen and oxygen atoms in total. The van der Waals surface area contributed by atoms with E-state index in [1.807, 2.05) is 32.9 Å². The maximum absolute atomic E-state index is 11.8. The van der Waals surface area contributed by atoms with Crippen molar-refractivity contribution in [3.8, 4) is 0 Å². The van der Waals surface area contributed by atoms with E-state index in [9.17, 15) is 4.79 Å². The van der Waals surface area contributed by atoms with Crippen molar-refractivity contribution in [2.45, 2.75) is 46.2 Å². The second kappa shape index (κ2) is 11.9. The number of rotatable bonds is 5. The van der Waals surface area contributed by atoms with Gasteiger partial charge in [-0.1, -0.05) is 6.07 Å².